The molecule has 2 aliphatic rings. The lowest BCUT2D eigenvalue weighted by atomic mass is 9.93. The van der Waals surface area contributed by atoms with Crippen LogP contribution in [-0.2, 0) is 0 Å². The second kappa shape index (κ2) is 5.51. The lowest BCUT2D eigenvalue weighted by molar-refractivity contribution is 0.0710. The molecule has 17 heavy (non-hydrogen) atoms. The maximum absolute atomic E-state index is 9.50. The van der Waals surface area contributed by atoms with E-state index in [1.54, 1.807) is 0 Å². The normalized spacial score (nSPS) is 34.5. The van der Waals surface area contributed by atoms with Gasteiger partial charge in [0.25, 0.3) is 0 Å². The fourth-order valence-corrected chi connectivity index (χ4v) is 3.41. The zero-order chi connectivity index (χ0) is 12.4. The van der Waals surface area contributed by atoms with E-state index < -0.39 is 0 Å². The average Bonchev–Trinajstić information content (AvgIpc) is 2.76. The molecule has 1 saturated carbocycles. The summed E-state index contributed by atoms with van der Waals surface area (Å²) in [5, 5.41) is 19.0. The van der Waals surface area contributed by atoms with Crippen molar-refractivity contribution in [3.63, 3.8) is 0 Å². The van der Waals surface area contributed by atoms with Crippen LogP contribution in [0.15, 0.2) is 12.2 Å². The van der Waals surface area contributed by atoms with Crippen LogP contribution in [-0.4, -0.2) is 47.0 Å². The SMILES string of the molecule is C[C@@H](O)CN(C[C@H]1C[C@H]2C=C[C@H]1C2)C[C@@H](C)O. The first kappa shape index (κ1) is 13.1. The second-order valence-corrected chi connectivity index (χ2v) is 5.96. The zero-order valence-corrected chi connectivity index (χ0v) is 10.9. The van der Waals surface area contributed by atoms with Gasteiger partial charge in [0.1, 0.15) is 0 Å². The molecule has 0 heterocycles. The van der Waals surface area contributed by atoms with Crippen LogP contribution in [0.5, 0.6) is 0 Å². The molecule has 2 N–H and O–H groups in total. The number of aliphatic hydroxyl groups is 2. The molecule has 0 aliphatic heterocycles. The summed E-state index contributed by atoms with van der Waals surface area (Å²) in [5.41, 5.74) is 0. The lowest BCUT2D eigenvalue weighted by Gasteiger charge is -2.30. The monoisotopic (exact) mass is 239 g/mol. The van der Waals surface area contributed by atoms with E-state index in [1.807, 2.05) is 13.8 Å². The number of nitrogens with zero attached hydrogens (tertiary/aromatic N) is 1. The molecule has 1 fully saturated rings. The van der Waals surface area contributed by atoms with Gasteiger partial charge in [0.15, 0.2) is 0 Å². The largest absolute Gasteiger partial charge is 0.392 e. The molecule has 0 spiro atoms. The Morgan fingerprint density at radius 2 is 1.76 bits per heavy atom. The number of aliphatic hydroxyl groups excluding tert-OH is 2. The molecule has 2 rings (SSSR count). The van der Waals surface area contributed by atoms with Crippen molar-refractivity contribution in [2.24, 2.45) is 17.8 Å². The topological polar surface area (TPSA) is 43.7 Å². The maximum atomic E-state index is 9.50. The van der Waals surface area contributed by atoms with Crippen LogP contribution in [0, 0.1) is 17.8 Å². The minimum Gasteiger partial charge on any atom is -0.392 e. The molecule has 0 saturated heterocycles. The van der Waals surface area contributed by atoms with E-state index in [9.17, 15) is 10.2 Å². The third-order valence-electron chi connectivity index (χ3n) is 3.95. The van der Waals surface area contributed by atoms with E-state index in [4.69, 9.17) is 0 Å². The highest BCUT2D eigenvalue weighted by Gasteiger charge is 2.36. The molecule has 0 aromatic heterocycles. The summed E-state index contributed by atoms with van der Waals surface area (Å²) < 4.78 is 0. The molecule has 0 aromatic rings. The molecule has 0 radical (unpaired) electrons. The van der Waals surface area contributed by atoms with Crippen molar-refractivity contribution < 1.29 is 10.2 Å². The summed E-state index contributed by atoms with van der Waals surface area (Å²) in [5.74, 6) is 2.26. The van der Waals surface area contributed by atoms with E-state index in [2.05, 4.69) is 17.1 Å². The van der Waals surface area contributed by atoms with Crippen LogP contribution in [0.2, 0.25) is 0 Å². The van der Waals surface area contributed by atoms with Gasteiger partial charge in [-0.15, -0.1) is 0 Å². The van der Waals surface area contributed by atoms with Gasteiger partial charge in [-0.2, -0.15) is 0 Å². The Balaban J connectivity index is 1.86. The lowest BCUT2D eigenvalue weighted by Crippen LogP contribution is -2.40. The van der Waals surface area contributed by atoms with Gasteiger partial charge in [0.2, 0.25) is 0 Å². The van der Waals surface area contributed by atoms with Gasteiger partial charge in [-0.1, -0.05) is 12.2 Å². The van der Waals surface area contributed by atoms with Gasteiger partial charge in [-0.25, -0.2) is 0 Å². The Labute approximate surface area is 104 Å². The minimum absolute atomic E-state index is 0.317. The fourth-order valence-electron chi connectivity index (χ4n) is 3.41. The molecule has 2 bridgehead atoms. The van der Waals surface area contributed by atoms with Gasteiger partial charge in [-0.05, 0) is 44.4 Å². The molecule has 0 amide bonds. The highest BCUT2D eigenvalue weighted by atomic mass is 16.3. The summed E-state index contributed by atoms with van der Waals surface area (Å²) in [6.07, 6.45) is 6.70. The summed E-state index contributed by atoms with van der Waals surface area (Å²) in [6.45, 7) is 5.98. The van der Waals surface area contributed by atoms with Crippen LogP contribution in [0.3, 0.4) is 0 Å². The van der Waals surface area contributed by atoms with Gasteiger partial charge in [0, 0.05) is 19.6 Å². The van der Waals surface area contributed by atoms with E-state index in [0.29, 0.717) is 13.1 Å². The molecular weight excluding hydrogens is 214 g/mol. The smallest absolute Gasteiger partial charge is 0.0639 e. The van der Waals surface area contributed by atoms with Crippen molar-refractivity contribution in [3.8, 4) is 0 Å². The molecule has 0 aromatic carbocycles. The Hall–Kier alpha value is -0.380. The van der Waals surface area contributed by atoms with E-state index >= 15 is 0 Å². The first-order valence-electron chi connectivity index (χ1n) is 6.81. The third-order valence-corrected chi connectivity index (χ3v) is 3.95. The van der Waals surface area contributed by atoms with Crippen molar-refractivity contribution in [2.45, 2.75) is 38.9 Å². The number of hydrogen-bond acceptors (Lipinski definition) is 3. The first-order chi connectivity index (χ1) is 8.04. The predicted molar refractivity (Wildman–Crippen MR) is 68.6 cm³/mol. The van der Waals surface area contributed by atoms with Crippen molar-refractivity contribution >= 4 is 0 Å². The van der Waals surface area contributed by atoms with Gasteiger partial charge >= 0.3 is 0 Å². The predicted octanol–water partition coefficient (Wildman–Crippen LogP) is 1.26. The Kier molecular flexibility index (Phi) is 4.23. The molecule has 3 nitrogen and oxygen atoms in total. The van der Waals surface area contributed by atoms with Crippen molar-refractivity contribution in [1.29, 1.82) is 0 Å². The second-order valence-electron chi connectivity index (χ2n) is 5.96. The number of allylic oxidation sites excluding steroid dienone is 2. The van der Waals surface area contributed by atoms with Gasteiger partial charge < -0.3 is 10.2 Å². The molecule has 2 aliphatic carbocycles. The molecule has 0 unspecified atom stereocenters. The highest BCUT2D eigenvalue weighted by molar-refractivity contribution is 5.10. The Morgan fingerprint density at radius 3 is 2.18 bits per heavy atom. The van der Waals surface area contributed by atoms with Crippen molar-refractivity contribution in [3.05, 3.63) is 12.2 Å². The number of fused-ring (bicyclic) bond motifs is 2. The quantitative estimate of drug-likeness (QED) is 0.686. The van der Waals surface area contributed by atoms with Crippen molar-refractivity contribution in [2.75, 3.05) is 19.6 Å². The number of rotatable bonds is 6. The first-order valence-corrected chi connectivity index (χ1v) is 6.81. The van der Waals surface area contributed by atoms with Crippen LogP contribution in [0.1, 0.15) is 26.7 Å². The fraction of sp³-hybridized carbons (Fsp3) is 0.857. The van der Waals surface area contributed by atoms with Crippen LogP contribution in [0.4, 0.5) is 0 Å². The van der Waals surface area contributed by atoms with Crippen LogP contribution < -0.4 is 0 Å². The average molecular weight is 239 g/mol. The Bertz CT molecular complexity index is 265. The summed E-state index contributed by atoms with van der Waals surface area (Å²) in [6, 6.07) is 0. The van der Waals surface area contributed by atoms with Crippen molar-refractivity contribution in [1.82, 2.24) is 4.90 Å². The standard InChI is InChI=1S/C14H25NO2/c1-10(16)7-15(8-11(2)17)9-14-6-12-3-4-13(14)5-12/h3-4,10-14,16-17H,5-9H2,1-2H3/t10-,11-,12+,13+,14-/m1/s1. The van der Waals surface area contributed by atoms with E-state index in [-0.39, 0.29) is 12.2 Å². The van der Waals surface area contributed by atoms with Gasteiger partial charge in [0.05, 0.1) is 12.2 Å². The molecule has 5 atom stereocenters. The maximum Gasteiger partial charge on any atom is 0.0639 e. The molecule has 3 heteroatoms. The molecular formula is C14H25NO2. The van der Waals surface area contributed by atoms with E-state index in [0.717, 1.165) is 24.3 Å². The van der Waals surface area contributed by atoms with Crippen LogP contribution in [0.25, 0.3) is 0 Å². The summed E-state index contributed by atoms with van der Waals surface area (Å²) >= 11 is 0. The third kappa shape index (κ3) is 3.54. The zero-order valence-electron chi connectivity index (χ0n) is 10.9. The van der Waals surface area contributed by atoms with Gasteiger partial charge in [-0.3, -0.25) is 4.90 Å². The highest BCUT2D eigenvalue weighted by Crippen LogP contribution is 2.43. The van der Waals surface area contributed by atoms with Crippen LogP contribution >= 0.6 is 0 Å². The number of hydrogen-bond donors (Lipinski definition) is 2. The minimum atomic E-state index is -0.317. The summed E-state index contributed by atoms with van der Waals surface area (Å²) in [4.78, 5) is 2.22. The Morgan fingerprint density at radius 1 is 1.12 bits per heavy atom. The van der Waals surface area contributed by atoms with E-state index in [1.165, 1.54) is 12.8 Å². The summed E-state index contributed by atoms with van der Waals surface area (Å²) in [7, 11) is 0. The molecule has 98 valence electrons.